The number of ketones is 1. The first-order valence-corrected chi connectivity index (χ1v) is 4.95. The molecule has 0 aliphatic rings. The van der Waals surface area contributed by atoms with Gasteiger partial charge in [-0.1, -0.05) is 24.6 Å². The zero-order valence-corrected chi connectivity index (χ0v) is 8.95. The molecule has 0 saturated heterocycles. The molecule has 0 N–H and O–H groups in total. The summed E-state index contributed by atoms with van der Waals surface area (Å²) in [7, 11) is 0. The van der Waals surface area contributed by atoms with Crippen molar-refractivity contribution in [2.45, 2.75) is 26.7 Å². The third kappa shape index (κ3) is 3.54. The molecule has 0 fully saturated rings. The SMILES string of the molecule is CCCC(=O)C(=O)Oc1ccc(C)cc1. The minimum atomic E-state index is -0.777. The van der Waals surface area contributed by atoms with Crippen molar-refractivity contribution in [3.8, 4) is 5.75 Å². The summed E-state index contributed by atoms with van der Waals surface area (Å²) in [5, 5.41) is 0. The molecular formula is C12H14O3. The van der Waals surface area contributed by atoms with Gasteiger partial charge in [0.25, 0.3) is 0 Å². The van der Waals surface area contributed by atoms with Crippen LogP contribution in [0.4, 0.5) is 0 Å². The number of ether oxygens (including phenoxy) is 1. The van der Waals surface area contributed by atoms with Crippen LogP contribution in [0.25, 0.3) is 0 Å². The quantitative estimate of drug-likeness (QED) is 0.431. The molecule has 1 rings (SSSR count). The molecule has 0 aliphatic heterocycles. The van der Waals surface area contributed by atoms with Crippen molar-refractivity contribution < 1.29 is 14.3 Å². The molecular weight excluding hydrogens is 192 g/mol. The van der Waals surface area contributed by atoms with E-state index < -0.39 is 11.8 Å². The summed E-state index contributed by atoms with van der Waals surface area (Å²) in [5.74, 6) is -0.839. The van der Waals surface area contributed by atoms with E-state index in [1.807, 2.05) is 26.0 Å². The van der Waals surface area contributed by atoms with E-state index in [1.165, 1.54) is 0 Å². The molecule has 0 radical (unpaired) electrons. The lowest BCUT2D eigenvalue weighted by atomic mass is 10.2. The normalized spacial score (nSPS) is 9.73. The first kappa shape index (κ1) is 11.4. The highest BCUT2D eigenvalue weighted by atomic mass is 16.5. The summed E-state index contributed by atoms with van der Waals surface area (Å²) < 4.78 is 4.90. The number of aryl methyl sites for hydroxylation is 1. The Balaban J connectivity index is 2.58. The molecule has 0 unspecified atom stereocenters. The van der Waals surface area contributed by atoms with Gasteiger partial charge in [-0.05, 0) is 25.5 Å². The molecule has 0 heterocycles. The lowest BCUT2D eigenvalue weighted by Crippen LogP contribution is -2.19. The molecule has 0 aliphatic carbocycles. The van der Waals surface area contributed by atoms with E-state index in [1.54, 1.807) is 12.1 Å². The summed E-state index contributed by atoms with van der Waals surface area (Å²) in [4.78, 5) is 22.4. The number of esters is 1. The zero-order valence-electron chi connectivity index (χ0n) is 8.95. The molecule has 15 heavy (non-hydrogen) atoms. The van der Waals surface area contributed by atoms with Crippen LogP contribution in [0.3, 0.4) is 0 Å². The average Bonchev–Trinajstić information content (AvgIpc) is 2.22. The van der Waals surface area contributed by atoms with Crippen LogP contribution in [0.15, 0.2) is 24.3 Å². The van der Waals surface area contributed by atoms with Gasteiger partial charge in [0.1, 0.15) is 5.75 Å². The van der Waals surface area contributed by atoms with E-state index in [9.17, 15) is 9.59 Å². The van der Waals surface area contributed by atoms with Crippen LogP contribution < -0.4 is 4.74 Å². The van der Waals surface area contributed by atoms with Gasteiger partial charge >= 0.3 is 5.97 Å². The van der Waals surface area contributed by atoms with E-state index in [0.717, 1.165) is 5.56 Å². The fourth-order valence-electron chi connectivity index (χ4n) is 1.10. The summed E-state index contributed by atoms with van der Waals surface area (Å²) in [6.07, 6.45) is 0.895. The average molecular weight is 206 g/mol. The van der Waals surface area contributed by atoms with Gasteiger partial charge in [-0.25, -0.2) is 4.79 Å². The van der Waals surface area contributed by atoms with E-state index >= 15 is 0 Å². The van der Waals surface area contributed by atoms with Gasteiger partial charge in [-0.15, -0.1) is 0 Å². The summed E-state index contributed by atoms with van der Waals surface area (Å²) >= 11 is 0. The minimum absolute atomic E-state index is 0.241. The number of rotatable bonds is 4. The number of carbonyl (C=O) groups is 2. The number of hydrogen-bond acceptors (Lipinski definition) is 3. The Hall–Kier alpha value is -1.64. The fourth-order valence-corrected chi connectivity index (χ4v) is 1.10. The van der Waals surface area contributed by atoms with Crippen molar-refractivity contribution in [3.63, 3.8) is 0 Å². The number of benzene rings is 1. The first-order chi connectivity index (χ1) is 7.13. The molecule has 0 atom stereocenters. The standard InChI is InChI=1S/C12H14O3/c1-3-4-11(13)12(14)15-10-7-5-9(2)6-8-10/h5-8H,3-4H2,1-2H3. The molecule has 3 heteroatoms. The van der Waals surface area contributed by atoms with E-state index in [4.69, 9.17) is 4.74 Å². The van der Waals surface area contributed by atoms with Crippen LogP contribution in [-0.4, -0.2) is 11.8 Å². The van der Waals surface area contributed by atoms with Gasteiger partial charge in [0.15, 0.2) is 0 Å². The van der Waals surface area contributed by atoms with Crippen LogP contribution >= 0.6 is 0 Å². The monoisotopic (exact) mass is 206 g/mol. The van der Waals surface area contributed by atoms with Gasteiger partial charge in [0.2, 0.25) is 5.78 Å². The highest BCUT2D eigenvalue weighted by Crippen LogP contribution is 2.11. The Morgan fingerprint density at radius 1 is 1.20 bits per heavy atom. The van der Waals surface area contributed by atoms with E-state index in [2.05, 4.69) is 0 Å². The van der Waals surface area contributed by atoms with Crippen LogP contribution in [0.1, 0.15) is 25.3 Å². The van der Waals surface area contributed by atoms with E-state index in [-0.39, 0.29) is 6.42 Å². The lowest BCUT2D eigenvalue weighted by molar-refractivity contribution is -0.147. The zero-order chi connectivity index (χ0) is 11.3. The smallest absolute Gasteiger partial charge is 0.379 e. The Morgan fingerprint density at radius 2 is 1.80 bits per heavy atom. The molecule has 0 amide bonds. The largest absolute Gasteiger partial charge is 0.421 e. The van der Waals surface area contributed by atoms with Crippen LogP contribution in [0, 0.1) is 6.92 Å². The molecule has 1 aromatic carbocycles. The lowest BCUT2D eigenvalue weighted by Gasteiger charge is -2.02. The number of carbonyl (C=O) groups excluding carboxylic acids is 2. The van der Waals surface area contributed by atoms with Gasteiger partial charge < -0.3 is 4.74 Å². The maximum atomic E-state index is 11.2. The minimum Gasteiger partial charge on any atom is -0.421 e. The van der Waals surface area contributed by atoms with Crippen molar-refractivity contribution in [1.29, 1.82) is 0 Å². The predicted molar refractivity (Wildman–Crippen MR) is 56.7 cm³/mol. The van der Waals surface area contributed by atoms with Gasteiger partial charge in [0.05, 0.1) is 0 Å². The predicted octanol–water partition coefficient (Wildman–Crippen LogP) is 2.27. The topological polar surface area (TPSA) is 43.4 Å². The highest BCUT2D eigenvalue weighted by molar-refractivity contribution is 6.34. The molecule has 0 aromatic heterocycles. The fraction of sp³-hybridized carbons (Fsp3) is 0.333. The highest BCUT2D eigenvalue weighted by Gasteiger charge is 2.14. The Labute approximate surface area is 89.1 Å². The maximum Gasteiger partial charge on any atom is 0.379 e. The van der Waals surface area contributed by atoms with Gasteiger partial charge in [-0.2, -0.15) is 0 Å². The van der Waals surface area contributed by atoms with Crippen molar-refractivity contribution in [2.75, 3.05) is 0 Å². The second-order valence-electron chi connectivity index (χ2n) is 3.38. The molecule has 0 saturated carbocycles. The summed E-state index contributed by atoms with van der Waals surface area (Å²) in [5.41, 5.74) is 1.08. The summed E-state index contributed by atoms with van der Waals surface area (Å²) in [6, 6.07) is 7.00. The van der Waals surface area contributed by atoms with Gasteiger partial charge in [-0.3, -0.25) is 4.79 Å². The second kappa shape index (κ2) is 5.29. The second-order valence-corrected chi connectivity index (χ2v) is 3.38. The van der Waals surface area contributed by atoms with Crippen molar-refractivity contribution >= 4 is 11.8 Å². The summed E-state index contributed by atoms with van der Waals surface area (Å²) in [6.45, 7) is 3.78. The molecule has 0 spiro atoms. The van der Waals surface area contributed by atoms with Crippen molar-refractivity contribution in [1.82, 2.24) is 0 Å². The van der Waals surface area contributed by atoms with Gasteiger partial charge in [0, 0.05) is 6.42 Å². The van der Waals surface area contributed by atoms with Crippen LogP contribution in [0.5, 0.6) is 5.75 Å². The Morgan fingerprint density at radius 3 is 2.33 bits per heavy atom. The van der Waals surface area contributed by atoms with Crippen molar-refractivity contribution in [3.05, 3.63) is 29.8 Å². The number of Topliss-reactive ketones (excluding diaryl/α,β-unsaturated/α-hetero) is 1. The molecule has 1 aromatic rings. The van der Waals surface area contributed by atoms with Crippen LogP contribution in [-0.2, 0) is 9.59 Å². The third-order valence-electron chi connectivity index (χ3n) is 1.94. The first-order valence-electron chi connectivity index (χ1n) is 4.95. The van der Waals surface area contributed by atoms with Crippen LogP contribution in [0.2, 0.25) is 0 Å². The Kier molecular flexibility index (Phi) is 4.03. The van der Waals surface area contributed by atoms with E-state index in [0.29, 0.717) is 12.2 Å². The number of hydrogen-bond donors (Lipinski definition) is 0. The maximum absolute atomic E-state index is 11.2. The molecule has 3 nitrogen and oxygen atoms in total. The third-order valence-corrected chi connectivity index (χ3v) is 1.94. The molecule has 0 bridgehead atoms. The molecule has 80 valence electrons. The van der Waals surface area contributed by atoms with Crippen molar-refractivity contribution in [2.24, 2.45) is 0 Å². The Bertz CT molecular complexity index is 352.